The number of anilines is 1. The third-order valence-electron chi connectivity index (χ3n) is 4.08. The Hall–Kier alpha value is -3.27. The van der Waals surface area contributed by atoms with Gasteiger partial charge in [-0.3, -0.25) is 9.59 Å². The molecule has 1 heterocycles. The fourth-order valence-corrected chi connectivity index (χ4v) is 2.29. The van der Waals surface area contributed by atoms with Crippen molar-refractivity contribution in [2.24, 2.45) is 0 Å². The Morgan fingerprint density at radius 2 is 1.66 bits per heavy atom. The van der Waals surface area contributed by atoms with Crippen LogP contribution in [0.25, 0.3) is 17.0 Å². The highest BCUT2D eigenvalue weighted by molar-refractivity contribution is 6.09. The van der Waals surface area contributed by atoms with Crippen molar-refractivity contribution in [1.29, 1.82) is 0 Å². The van der Waals surface area contributed by atoms with E-state index in [0.29, 0.717) is 17.0 Å². The zero-order chi connectivity index (χ0) is 22.6. The normalized spacial score (nSPS) is 10.8. The van der Waals surface area contributed by atoms with Crippen LogP contribution in [0.4, 0.5) is 5.82 Å². The van der Waals surface area contributed by atoms with Crippen LogP contribution in [-0.4, -0.2) is 16.6 Å². The van der Waals surface area contributed by atoms with Gasteiger partial charge in [0.05, 0.1) is 5.52 Å². The van der Waals surface area contributed by atoms with Gasteiger partial charge in [0.15, 0.2) is 11.6 Å². The molecule has 2 rings (SSSR count). The molecule has 4 nitrogen and oxygen atoms in total. The van der Waals surface area contributed by atoms with Gasteiger partial charge in [0.1, 0.15) is 5.82 Å². The van der Waals surface area contributed by atoms with Gasteiger partial charge in [-0.2, -0.15) is 0 Å². The number of carbonyl (C=O) groups excluding carboxylic acids is 2. The van der Waals surface area contributed by atoms with Gasteiger partial charge in [-0.05, 0) is 63.1 Å². The number of hydrogen-bond acceptors (Lipinski definition) is 4. The first-order valence-corrected chi connectivity index (χ1v) is 9.52. The molecule has 0 saturated heterocycles. The number of carbonyl (C=O) groups is 2. The first-order chi connectivity index (χ1) is 13.7. The number of nitrogens with two attached hydrogens (primary N) is 1. The zero-order valence-electron chi connectivity index (χ0n) is 18.4. The average molecular weight is 393 g/mol. The number of fused-ring (bicyclic) bond motifs is 1. The van der Waals surface area contributed by atoms with Crippen LogP contribution in [-0.2, 0) is 9.59 Å². The van der Waals surface area contributed by atoms with Crippen LogP contribution < -0.4 is 5.73 Å². The number of pyridine rings is 1. The van der Waals surface area contributed by atoms with E-state index in [-0.39, 0.29) is 11.6 Å². The monoisotopic (exact) mass is 392 g/mol. The number of allylic oxidation sites excluding steroid dienone is 5. The summed E-state index contributed by atoms with van der Waals surface area (Å²) in [6.45, 7) is 18.0. The molecule has 0 amide bonds. The van der Waals surface area contributed by atoms with Crippen molar-refractivity contribution in [3.63, 3.8) is 0 Å². The minimum Gasteiger partial charge on any atom is -0.384 e. The summed E-state index contributed by atoms with van der Waals surface area (Å²) in [6.07, 6.45) is 6.28. The summed E-state index contributed by atoms with van der Waals surface area (Å²) in [7, 11) is 0. The molecular formula is C25H32N2O2. The molecule has 0 atom stereocenters. The SMILES string of the molecule is C=C/C=C/C(=O)/C(C)=C(/C)C(C)=O.C=Cc1cc(N)nc2ccc(C)cc12.CC. The number of Topliss-reactive ketones (excluding diaryl/α,β-unsaturated/α-hetero) is 1. The maximum atomic E-state index is 11.3. The third-order valence-corrected chi connectivity index (χ3v) is 4.08. The van der Waals surface area contributed by atoms with Crippen LogP contribution >= 0.6 is 0 Å². The molecule has 0 saturated carbocycles. The molecule has 0 aliphatic carbocycles. The Labute approximate surface area is 174 Å². The highest BCUT2D eigenvalue weighted by Crippen LogP contribution is 2.21. The second-order valence-corrected chi connectivity index (χ2v) is 6.13. The molecule has 1 aromatic heterocycles. The lowest BCUT2D eigenvalue weighted by atomic mass is 10.0. The number of rotatable bonds is 5. The Bertz CT molecular complexity index is 951. The van der Waals surface area contributed by atoms with E-state index in [9.17, 15) is 9.59 Å². The van der Waals surface area contributed by atoms with E-state index in [1.165, 1.54) is 24.6 Å². The molecule has 0 aliphatic rings. The molecule has 29 heavy (non-hydrogen) atoms. The van der Waals surface area contributed by atoms with Crippen molar-refractivity contribution in [3.8, 4) is 0 Å². The molecule has 0 aliphatic heterocycles. The van der Waals surface area contributed by atoms with E-state index in [2.05, 4.69) is 31.1 Å². The largest absolute Gasteiger partial charge is 0.384 e. The average Bonchev–Trinajstić information content (AvgIpc) is 2.72. The van der Waals surface area contributed by atoms with Crippen molar-refractivity contribution in [2.75, 3.05) is 5.73 Å². The standard InChI is InChI=1S/C12H12N2.C11H14O2.C2H6/c1-3-9-7-12(13)14-11-5-4-8(2)6-10(9)11;1-5-6-7-11(13)9(3)8(2)10(4)12;1-2/h3-7H,1H2,2H3,(H2,13,14);5-7H,1H2,2-4H3;1-2H3/b;7-6+,9-8-;. The fraction of sp³-hybridized carbons (Fsp3) is 0.240. The number of aromatic nitrogens is 1. The van der Waals surface area contributed by atoms with Gasteiger partial charge in [0.2, 0.25) is 0 Å². The first kappa shape index (κ1) is 25.7. The predicted molar refractivity (Wildman–Crippen MR) is 126 cm³/mol. The molecular weight excluding hydrogens is 360 g/mol. The lowest BCUT2D eigenvalue weighted by Gasteiger charge is -2.04. The first-order valence-electron chi connectivity index (χ1n) is 9.52. The van der Waals surface area contributed by atoms with E-state index in [1.54, 1.807) is 26.0 Å². The maximum absolute atomic E-state index is 11.3. The van der Waals surface area contributed by atoms with E-state index >= 15 is 0 Å². The van der Waals surface area contributed by atoms with E-state index < -0.39 is 0 Å². The second kappa shape index (κ2) is 13.0. The number of benzene rings is 1. The van der Waals surface area contributed by atoms with Gasteiger partial charge in [0, 0.05) is 11.0 Å². The summed E-state index contributed by atoms with van der Waals surface area (Å²) < 4.78 is 0. The van der Waals surface area contributed by atoms with Gasteiger partial charge in [-0.1, -0.05) is 56.9 Å². The summed E-state index contributed by atoms with van der Waals surface area (Å²) in [5.74, 6) is 0.321. The Kier molecular flexibility index (Phi) is 11.5. The molecule has 0 unspecified atom stereocenters. The molecule has 1 aromatic carbocycles. The lowest BCUT2D eigenvalue weighted by molar-refractivity contribution is -0.115. The van der Waals surface area contributed by atoms with Crippen LogP contribution in [0.1, 0.15) is 45.7 Å². The highest BCUT2D eigenvalue weighted by atomic mass is 16.1. The van der Waals surface area contributed by atoms with Crippen LogP contribution in [0, 0.1) is 6.92 Å². The number of nitrogens with zero attached hydrogens (tertiary/aromatic N) is 1. The Balaban J connectivity index is 0.000000500. The Morgan fingerprint density at radius 3 is 2.17 bits per heavy atom. The maximum Gasteiger partial charge on any atom is 0.181 e. The minimum absolute atomic E-state index is 0.0714. The van der Waals surface area contributed by atoms with Crippen LogP contribution in [0.2, 0.25) is 0 Å². The summed E-state index contributed by atoms with van der Waals surface area (Å²) in [6, 6.07) is 7.95. The molecule has 0 bridgehead atoms. The zero-order valence-corrected chi connectivity index (χ0v) is 18.4. The Morgan fingerprint density at radius 1 is 1.03 bits per heavy atom. The van der Waals surface area contributed by atoms with Gasteiger partial charge < -0.3 is 5.73 Å². The topological polar surface area (TPSA) is 73.0 Å². The number of aryl methyl sites for hydroxylation is 1. The molecule has 2 aromatic rings. The van der Waals surface area contributed by atoms with E-state index in [0.717, 1.165) is 16.5 Å². The highest BCUT2D eigenvalue weighted by Gasteiger charge is 2.07. The fourth-order valence-electron chi connectivity index (χ4n) is 2.29. The van der Waals surface area contributed by atoms with Crippen molar-refractivity contribution in [3.05, 3.63) is 77.9 Å². The molecule has 2 N–H and O–H groups in total. The van der Waals surface area contributed by atoms with Gasteiger partial charge in [-0.25, -0.2) is 4.98 Å². The molecule has 154 valence electrons. The summed E-state index contributed by atoms with van der Waals surface area (Å²) in [4.78, 5) is 26.5. The summed E-state index contributed by atoms with van der Waals surface area (Å²) in [5.41, 5.74) is 9.86. The number of hydrogen-bond donors (Lipinski definition) is 1. The van der Waals surface area contributed by atoms with Crippen molar-refractivity contribution in [1.82, 2.24) is 4.98 Å². The van der Waals surface area contributed by atoms with Crippen LogP contribution in [0.15, 0.2) is 66.8 Å². The van der Waals surface area contributed by atoms with Crippen molar-refractivity contribution < 1.29 is 9.59 Å². The second-order valence-electron chi connectivity index (χ2n) is 6.13. The van der Waals surface area contributed by atoms with Gasteiger partial charge >= 0.3 is 0 Å². The third kappa shape index (κ3) is 8.09. The molecule has 4 heteroatoms. The van der Waals surface area contributed by atoms with Crippen molar-refractivity contribution >= 4 is 34.4 Å². The van der Waals surface area contributed by atoms with Crippen LogP contribution in [0.3, 0.4) is 0 Å². The van der Waals surface area contributed by atoms with E-state index in [1.807, 2.05) is 32.0 Å². The lowest BCUT2D eigenvalue weighted by Crippen LogP contribution is -2.03. The minimum atomic E-state index is -0.146. The number of nitrogen functional groups attached to an aromatic ring is 1. The molecule has 0 radical (unpaired) electrons. The van der Waals surface area contributed by atoms with E-state index in [4.69, 9.17) is 5.73 Å². The molecule has 0 fully saturated rings. The summed E-state index contributed by atoms with van der Waals surface area (Å²) >= 11 is 0. The van der Waals surface area contributed by atoms with Gasteiger partial charge in [-0.15, -0.1) is 0 Å². The summed E-state index contributed by atoms with van der Waals surface area (Å²) in [5, 5.41) is 1.11. The van der Waals surface area contributed by atoms with Crippen molar-refractivity contribution in [2.45, 2.75) is 41.5 Å². The quantitative estimate of drug-likeness (QED) is 0.499. The predicted octanol–water partition coefficient (Wildman–Crippen LogP) is 6.02. The van der Waals surface area contributed by atoms with Gasteiger partial charge in [0.25, 0.3) is 0 Å². The van der Waals surface area contributed by atoms with Crippen LogP contribution in [0.5, 0.6) is 0 Å². The molecule has 0 spiro atoms. The number of ketones is 2. The smallest absolute Gasteiger partial charge is 0.181 e.